The minimum atomic E-state index is -0.618. The number of aromatic nitrogens is 2. The lowest BCUT2D eigenvalue weighted by atomic mass is 10.0. The standard InChI is InChI=1S/C16H18N2O3/c1-10(2)8-9-18-15(20)13(14(19)17-16(18)21)12-7-5-4-6-11(12)3/h4-8,20H,9H2,1-3H3,(H,17,19,21). The van der Waals surface area contributed by atoms with E-state index in [1.54, 1.807) is 18.2 Å². The van der Waals surface area contributed by atoms with Crippen LogP contribution in [0.5, 0.6) is 5.88 Å². The maximum atomic E-state index is 12.1. The van der Waals surface area contributed by atoms with Crippen molar-refractivity contribution in [3.63, 3.8) is 0 Å². The Bertz CT molecular complexity index is 809. The normalized spacial score (nSPS) is 10.4. The number of hydrogen-bond donors (Lipinski definition) is 2. The van der Waals surface area contributed by atoms with Gasteiger partial charge in [-0.2, -0.15) is 0 Å². The van der Waals surface area contributed by atoms with E-state index < -0.39 is 11.2 Å². The molecule has 0 radical (unpaired) electrons. The number of benzene rings is 1. The van der Waals surface area contributed by atoms with Crippen molar-refractivity contribution in [2.45, 2.75) is 27.3 Å². The summed E-state index contributed by atoms with van der Waals surface area (Å²) in [5.74, 6) is -0.310. The molecule has 1 aromatic carbocycles. The molecular weight excluding hydrogens is 268 g/mol. The highest BCUT2D eigenvalue weighted by Crippen LogP contribution is 2.26. The Hall–Kier alpha value is -2.56. The Morgan fingerprint density at radius 2 is 1.95 bits per heavy atom. The Labute approximate surface area is 122 Å². The van der Waals surface area contributed by atoms with Crippen LogP contribution < -0.4 is 11.2 Å². The van der Waals surface area contributed by atoms with E-state index in [1.807, 2.05) is 32.9 Å². The zero-order chi connectivity index (χ0) is 15.6. The van der Waals surface area contributed by atoms with Gasteiger partial charge in [-0.15, -0.1) is 0 Å². The van der Waals surface area contributed by atoms with Gasteiger partial charge >= 0.3 is 5.69 Å². The van der Waals surface area contributed by atoms with Gasteiger partial charge in [0.1, 0.15) is 5.56 Å². The van der Waals surface area contributed by atoms with Crippen LogP contribution in [0, 0.1) is 6.92 Å². The van der Waals surface area contributed by atoms with Gasteiger partial charge in [-0.25, -0.2) is 4.79 Å². The lowest BCUT2D eigenvalue weighted by Crippen LogP contribution is -2.30. The number of rotatable bonds is 3. The van der Waals surface area contributed by atoms with Gasteiger partial charge in [0.05, 0.1) is 0 Å². The van der Waals surface area contributed by atoms with Crippen LogP contribution in [0.2, 0.25) is 0 Å². The number of aromatic hydroxyl groups is 1. The quantitative estimate of drug-likeness (QED) is 0.849. The molecule has 0 bridgehead atoms. The van der Waals surface area contributed by atoms with Crippen LogP contribution in [0.15, 0.2) is 45.5 Å². The molecule has 2 rings (SSSR count). The highest BCUT2D eigenvalue weighted by molar-refractivity contribution is 5.70. The number of hydrogen-bond acceptors (Lipinski definition) is 3. The van der Waals surface area contributed by atoms with Crippen molar-refractivity contribution in [2.75, 3.05) is 0 Å². The Morgan fingerprint density at radius 1 is 1.29 bits per heavy atom. The molecule has 5 nitrogen and oxygen atoms in total. The van der Waals surface area contributed by atoms with Gasteiger partial charge in [-0.1, -0.05) is 35.9 Å². The maximum absolute atomic E-state index is 12.1. The van der Waals surface area contributed by atoms with Gasteiger partial charge in [0.15, 0.2) is 0 Å². The summed E-state index contributed by atoms with van der Waals surface area (Å²) in [5, 5.41) is 10.4. The SMILES string of the molecule is CC(C)=CCn1c(O)c(-c2ccccc2C)c(=O)[nH]c1=O. The number of nitrogens with one attached hydrogen (secondary N) is 1. The van der Waals surface area contributed by atoms with Crippen molar-refractivity contribution in [3.05, 3.63) is 62.3 Å². The Morgan fingerprint density at radius 3 is 2.57 bits per heavy atom. The highest BCUT2D eigenvalue weighted by atomic mass is 16.3. The smallest absolute Gasteiger partial charge is 0.331 e. The number of allylic oxidation sites excluding steroid dienone is 2. The van der Waals surface area contributed by atoms with E-state index >= 15 is 0 Å². The molecule has 0 unspecified atom stereocenters. The van der Waals surface area contributed by atoms with Crippen molar-refractivity contribution in [1.82, 2.24) is 9.55 Å². The molecule has 0 amide bonds. The van der Waals surface area contributed by atoms with Gasteiger partial charge in [0, 0.05) is 6.54 Å². The summed E-state index contributed by atoms with van der Waals surface area (Å²) in [5.41, 5.74) is 1.40. The zero-order valence-corrected chi connectivity index (χ0v) is 12.3. The predicted molar refractivity (Wildman–Crippen MR) is 82.6 cm³/mol. The minimum absolute atomic E-state index is 0.120. The monoisotopic (exact) mass is 286 g/mol. The second-order valence-corrected chi connectivity index (χ2v) is 5.16. The summed E-state index contributed by atoms with van der Waals surface area (Å²) >= 11 is 0. The number of aryl methyl sites for hydroxylation is 1. The summed E-state index contributed by atoms with van der Waals surface area (Å²) in [6.45, 7) is 5.86. The topological polar surface area (TPSA) is 75.1 Å². The molecule has 0 saturated heterocycles. The fourth-order valence-corrected chi connectivity index (χ4v) is 2.10. The van der Waals surface area contributed by atoms with Gasteiger partial charge in [-0.05, 0) is 31.9 Å². The number of H-pyrrole nitrogens is 1. The summed E-state index contributed by atoms with van der Waals surface area (Å²) in [6, 6.07) is 7.23. The van der Waals surface area contributed by atoms with Crippen LogP contribution in [0.25, 0.3) is 11.1 Å². The fraction of sp³-hybridized carbons (Fsp3) is 0.250. The summed E-state index contributed by atoms with van der Waals surface area (Å²) in [6.07, 6.45) is 1.81. The van der Waals surface area contributed by atoms with Crippen molar-refractivity contribution in [2.24, 2.45) is 0 Å². The van der Waals surface area contributed by atoms with Gasteiger partial charge < -0.3 is 5.11 Å². The summed E-state index contributed by atoms with van der Waals surface area (Å²) < 4.78 is 1.15. The molecule has 0 aliphatic heterocycles. The van der Waals surface area contributed by atoms with Crippen LogP contribution in [-0.2, 0) is 6.54 Å². The molecule has 5 heteroatoms. The maximum Gasteiger partial charge on any atom is 0.331 e. The van der Waals surface area contributed by atoms with E-state index in [-0.39, 0.29) is 18.0 Å². The third-order valence-corrected chi connectivity index (χ3v) is 3.27. The Kier molecular flexibility index (Phi) is 4.12. The van der Waals surface area contributed by atoms with E-state index in [4.69, 9.17) is 0 Å². The van der Waals surface area contributed by atoms with Crippen molar-refractivity contribution in [1.29, 1.82) is 0 Å². The van der Waals surface area contributed by atoms with Crippen molar-refractivity contribution < 1.29 is 5.11 Å². The Balaban J connectivity index is 2.71. The predicted octanol–water partition coefficient (Wildman–Crippen LogP) is 2.18. The molecule has 0 spiro atoms. The largest absolute Gasteiger partial charge is 0.494 e. The van der Waals surface area contributed by atoms with Crippen LogP contribution in [0.3, 0.4) is 0 Å². The van der Waals surface area contributed by atoms with Crippen molar-refractivity contribution >= 4 is 0 Å². The zero-order valence-electron chi connectivity index (χ0n) is 12.3. The van der Waals surface area contributed by atoms with Crippen molar-refractivity contribution in [3.8, 4) is 17.0 Å². The third-order valence-electron chi connectivity index (χ3n) is 3.27. The lowest BCUT2D eigenvalue weighted by molar-refractivity contribution is 0.413. The average Bonchev–Trinajstić information content (AvgIpc) is 2.40. The summed E-state index contributed by atoms with van der Waals surface area (Å²) in [7, 11) is 0. The van der Waals surface area contributed by atoms with Crippen LogP contribution in [0.1, 0.15) is 19.4 Å². The average molecular weight is 286 g/mol. The molecule has 110 valence electrons. The lowest BCUT2D eigenvalue weighted by Gasteiger charge is -2.11. The molecule has 0 atom stereocenters. The van der Waals surface area contributed by atoms with E-state index in [0.29, 0.717) is 5.56 Å². The van der Waals surface area contributed by atoms with E-state index in [1.165, 1.54) is 0 Å². The van der Waals surface area contributed by atoms with Crippen LogP contribution in [0.4, 0.5) is 0 Å². The fourth-order valence-electron chi connectivity index (χ4n) is 2.10. The second kappa shape index (κ2) is 5.83. The minimum Gasteiger partial charge on any atom is -0.494 e. The third kappa shape index (κ3) is 2.97. The molecular formula is C16H18N2O3. The second-order valence-electron chi connectivity index (χ2n) is 5.16. The van der Waals surface area contributed by atoms with E-state index in [0.717, 1.165) is 15.7 Å². The highest BCUT2D eigenvalue weighted by Gasteiger charge is 2.16. The molecule has 0 aliphatic rings. The molecule has 1 heterocycles. The van der Waals surface area contributed by atoms with E-state index in [9.17, 15) is 14.7 Å². The first kappa shape index (κ1) is 14.8. The van der Waals surface area contributed by atoms with Crippen LogP contribution >= 0.6 is 0 Å². The first-order chi connectivity index (χ1) is 9.91. The van der Waals surface area contributed by atoms with Gasteiger partial charge in [-0.3, -0.25) is 14.3 Å². The first-order valence-corrected chi connectivity index (χ1v) is 6.67. The molecule has 2 N–H and O–H groups in total. The summed E-state index contributed by atoms with van der Waals surface area (Å²) in [4.78, 5) is 26.2. The molecule has 2 aromatic rings. The van der Waals surface area contributed by atoms with E-state index in [2.05, 4.69) is 4.98 Å². The number of nitrogens with zero attached hydrogens (tertiary/aromatic N) is 1. The molecule has 1 aromatic heterocycles. The molecule has 0 saturated carbocycles. The van der Waals surface area contributed by atoms with Gasteiger partial charge in [0.2, 0.25) is 5.88 Å². The van der Waals surface area contributed by atoms with Gasteiger partial charge in [0.25, 0.3) is 5.56 Å². The molecule has 0 fully saturated rings. The first-order valence-electron chi connectivity index (χ1n) is 6.67. The number of aromatic amines is 1. The van der Waals surface area contributed by atoms with Crippen LogP contribution in [-0.4, -0.2) is 14.7 Å². The molecule has 0 aliphatic carbocycles. The molecule has 21 heavy (non-hydrogen) atoms.